The molecule has 3 nitrogen and oxygen atoms in total. The standard InChI is InChI=1S/C22H22N2O/c1-15(2)22-23-20-13-19(25-3)10-11-21(20)24(22)14-16-8-9-17-6-4-5-7-18(17)12-16/h4-13,15H,14H2,1-3H3. The summed E-state index contributed by atoms with van der Waals surface area (Å²) in [4.78, 5) is 4.86. The van der Waals surface area contributed by atoms with Crippen molar-refractivity contribution >= 4 is 21.8 Å². The highest BCUT2D eigenvalue weighted by Gasteiger charge is 2.14. The Hall–Kier alpha value is -2.81. The van der Waals surface area contributed by atoms with E-state index in [4.69, 9.17) is 9.72 Å². The number of hydrogen-bond acceptors (Lipinski definition) is 2. The molecular formula is C22H22N2O. The number of fused-ring (bicyclic) bond motifs is 2. The van der Waals surface area contributed by atoms with Crippen LogP contribution in [-0.4, -0.2) is 16.7 Å². The third-order valence-corrected chi connectivity index (χ3v) is 4.66. The maximum atomic E-state index is 5.35. The lowest BCUT2D eigenvalue weighted by atomic mass is 10.1. The molecule has 0 saturated carbocycles. The quantitative estimate of drug-likeness (QED) is 0.503. The van der Waals surface area contributed by atoms with Crippen molar-refractivity contribution in [2.24, 2.45) is 0 Å². The number of methoxy groups -OCH3 is 1. The van der Waals surface area contributed by atoms with Crippen molar-refractivity contribution in [3.8, 4) is 5.75 Å². The third kappa shape index (κ3) is 2.86. The highest BCUT2D eigenvalue weighted by Crippen LogP contribution is 2.27. The van der Waals surface area contributed by atoms with E-state index in [9.17, 15) is 0 Å². The van der Waals surface area contributed by atoms with Gasteiger partial charge in [0.2, 0.25) is 0 Å². The molecule has 0 aliphatic heterocycles. The van der Waals surface area contributed by atoms with Crippen LogP contribution in [0.1, 0.15) is 31.2 Å². The molecule has 0 aliphatic rings. The van der Waals surface area contributed by atoms with Gasteiger partial charge in [-0.1, -0.05) is 50.2 Å². The van der Waals surface area contributed by atoms with E-state index in [-0.39, 0.29) is 0 Å². The molecule has 3 aromatic carbocycles. The van der Waals surface area contributed by atoms with Crippen LogP contribution in [0.15, 0.2) is 60.7 Å². The zero-order valence-electron chi connectivity index (χ0n) is 14.9. The zero-order valence-corrected chi connectivity index (χ0v) is 14.9. The molecule has 0 bridgehead atoms. The summed E-state index contributed by atoms with van der Waals surface area (Å²) < 4.78 is 7.67. The van der Waals surface area contributed by atoms with Crippen LogP contribution in [-0.2, 0) is 6.54 Å². The second kappa shape index (κ2) is 6.25. The van der Waals surface area contributed by atoms with Gasteiger partial charge in [0, 0.05) is 18.5 Å². The van der Waals surface area contributed by atoms with Gasteiger partial charge in [-0.2, -0.15) is 0 Å². The van der Waals surface area contributed by atoms with Crippen molar-refractivity contribution in [3.05, 3.63) is 72.1 Å². The molecule has 0 saturated heterocycles. The number of hydrogen-bond donors (Lipinski definition) is 0. The summed E-state index contributed by atoms with van der Waals surface area (Å²) in [5, 5.41) is 2.55. The summed E-state index contributed by atoms with van der Waals surface area (Å²) in [7, 11) is 1.69. The highest BCUT2D eigenvalue weighted by atomic mass is 16.5. The monoisotopic (exact) mass is 330 g/mol. The first kappa shape index (κ1) is 15.7. The second-order valence-electron chi connectivity index (χ2n) is 6.75. The molecule has 126 valence electrons. The van der Waals surface area contributed by atoms with Crippen LogP contribution < -0.4 is 4.74 Å². The van der Waals surface area contributed by atoms with Crippen molar-refractivity contribution < 1.29 is 4.74 Å². The Kier molecular flexibility index (Phi) is 3.92. The summed E-state index contributed by atoms with van der Waals surface area (Å²) in [5.74, 6) is 2.31. The Morgan fingerprint density at radius 2 is 1.76 bits per heavy atom. The van der Waals surface area contributed by atoms with Crippen molar-refractivity contribution in [1.29, 1.82) is 0 Å². The first-order valence-corrected chi connectivity index (χ1v) is 8.67. The molecule has 3 heteroatoms. The van der Waals surface area contributed by atoms with Crippen molar-refractivity contribution in [1.82, 2.24) is 9.55 Å². The van der Waals surface area contributed by atoms with Gasteiger partial charge < -0.3 is 9.30 Å². The van der Waals surface area contributed by atoms with Gasteiger partial charge in [0.05, 0.1) is 18.1 Å². The van der Waals surface area contributed by atoms with Crippen LogP contribution in [0.3, 0.4) is 0 Å². The lowest BCUT2D eigenvalue weighted by molar-refractivity contribution is 0.415. The summed E-state index contributed by atoms with van der Waals surface area (Å²) in [6.45, 7) is 5.20. The molecule has 25 heavy (non-hydrogen) atoms. The van der Waals surface area contributed by atoms with Gasteiger partial charge in [0.15, 0.2) is 0 Å². The Bertz CT molecular complexity index is 1050. The van der Waals surface area contributed by atoms with E-state index in [1.165, 1.54) is 16.3 Å². The zero-order chi connectivity index (χ0) is 17.4. The minimum Gasteiger partial charge on any atom is -0.497 e. The van der Waals surface area contributed by atoms with Gasteiger partial charge in [-0.25, -0.2) is 4.98 Å². The first-order valence-electron chi connectivity index (χ1n) is 8.67. The van der Waals surface area contributed by atoms with Crippen LogP contribution >= 0.6 is 0 Å². The Morgan fingerprint density at radius 1 is 0.960 bits per heavy atom. The lowest BCUT2D eigenvalue weighted by Crippen LogP contribution is -2.06. The molecule has 0 atom stereocenters. The maximum Gasteiger partial charge on any atom is 0.121 e. The largest absolute Gasteiger partial charge is 0.497 e. The van der Waals surface area contributed by atoms with Crippen molar-refractivity contribution in [2.45, 2.75) is 26.3 Å². The lowest BCUT2D eigenvalue weighted by Gasteiger charge is -2.12. The maximum absolute atomic E-state index is 5.35. The molecular weight excluding hydrogens is 308 g/mol. The van der Waals surface area contributed by atoms with E-state index < -0.39 is 0 Å². The summed E-state index contributed by atoms with van der Waals surface area (Å²) in [5.41, 5.74) is 3.43. The fourth-order valence-corrected chi connectivity index (χ4v) is 3.38. The summed E-state index contributed by atoms with van der Waals surface area (Å²) in [6.07, 6.45) is 0. The van der Waals surface area contributed by atoms with Crippen LogP contribution in [0.25, 0.3) is 21.8 Å². The number of ether oxygens (including phenoxy) is 1. The fraction of sp³-hybridized carbons (Fsp3) is 0.227. The van der Waals surface area contributed by atoms with Crippen LogP contribution in [0.4, 0.5) is 0 Å². The SMILES string of the molecule is COc1ccc2c(c1)nc(C(C)C)n2Cc1ccc2ccccc2c1. The minimum atomic E-state index is 0.360. The van der Waals surface area contributed by atoms with Gasteiger partial charge in [-0.3, -0.25) is 0 Å². The Balaban J connectivity index is 1.82. The Morgan fingerprint density at radius 3 is 2.52 bits per heavy atom. The topological polar surface area (TPSA) is 27.1 Å². The minimum absolute atomic E-state index is 0.360. The molecule has 1 heterocycles. The van der Waals surface area contributed by atoms with E-state index in [1.54, 1.807) is 7.11 Å². The number of nitrogens with zero attached hydrogens (tertiary/aromatic N) is 2. The molecule has 1 aromatic heterocycles. The molecule has 0 amide bonds. The van der Waals surface area contributed by atoms with E-state index in [0.717, 1.165) is 29.2 Å². The van der Waals surface area contributed by atoms with Crippen LogP contribution in [0, 0.1) is 0 Å². The molecule has 0 radical (unpaired) electrons. The van der Waals surface area contributed by atoms with Crippen molar-refractivity contribution in [2.75, 3.05) is 7.11 Å². The van der Waals surface area contributed by atoms with Gasteiger partial charge in [0.1, 0.15) is 11.6 Å². The first-order chi connectivity index (χ1) is 12.2. The van der Waals surface area contributed by atoms with E-state index in [0.29, 0.717) is 5.92 Å². The van der Waals surface area contributed by atoms with E-state index >= 15 is 0 Å². The van der Waals surface area contributed by atoms with Gasteiger partial charge in [-0.05, 0) is 34.5 Å². The molecule has 0 unspecified atom stereocenters. The van der Waals surface area contributed by atoms with Crippen LogP contribution in [0.2, 0.25) is 0 Å². The molecule has 0 aliphatic carbocycles. The van der Waals surface area contributed by atoms with Gasteiger partial charge in [-0.15, -0.1) is 0 Å². The predicted octanol–water partition coefficient (Wildman–Crippen LogP) is 5.37. The fourth-order valence-electron chi connectivity index (χ4n) is 3.38. The number of aromatic nitrogens is 2. The summed E-state index contributed by atoms with van der Waals surface area (Å²) in [6, 6.07) is 21.3. The highest BCUT2D eigenvalue weighted by molar-refractivity contribution is 5.83. The van der Waals surface area contributed by atoms with Crippen LogP contribution in [0.5, 0.6) is 5.75 Å². The summed E-state index contributed by atoms with van der Waals surface area (Å²) >= 11 is 0. The third-order valence-electron chi connectivity index (χ3n) is 4.66. The smallest absolute Gasteiger partial charge is 0.121 e. The molecule has 4 rings (SSSR count). The van der Waals surface area contributed by atoms with E-state index in [2.05, 4.69) is 66.9 Å². The number of benzene rings is 3. The van der Waals surface area contributed by atoms with E-state index in [1.807, 2.05) is 12.1 Å². The van der Waals surface area contributed by atoms with Gasteiger partial charge in [0.25, 0.3) is 0 Å². The second-order valence-corrected chi connectivity index (χ2v) is 6.75. The molecule has 0 fully saturated rings. The average Bonchev–Trinajstić information content (AvgIpc) is 2.99. The average molecular weight is 330 g/mol. The van der Waals surface area contributed by atoms with Crippen molar-refractivity contribution in [3.63, 3.8) is 0 Å². The number of rotatable bonds is 4. The predicted molar refractivity (Wildman–Crippen MR) is 103 cm³/mol. The Labute approximate surface area is 147 Å². The van der Waals surface area contributed by atoms with Gasteiger partial charge >= 0.3 is 0 Å². The molecule has 0 N–H and O–H groups in total. The molecule has 0 spiro atoms. The number of imidazole rings is 1. The normalized spacial score (nSPS) is 11.5. The molecule has 4 aromatic rings.